The molecule has 1 fully saturated rings. The van der Waals surface area contributed by atoms with E-state index in [1.165, 1.54) is 10.4 Å². The standard InChI is InChI=1S/C38H56O5Si2/c1-8-44(9-2,10-3)43-36(35-26-31(4)27-38(39,42-35)30-40-28-32-20-14-11-15-21-32)29-41-45(37(5,6)7,33-22-16-12-17-23-33)34-24-18-13-19-25-34/h11-25,31,35-36,39H,8-10,26-30H2,1-7H3/t31-,35+,36-,38?/m1/s1. The zero-order valence-electron chi connectivity index (χ0n) is 28.6. The first-order valence-corrected chi connectivity index (χ1v) is 21.4. The van der Waals surface area contributed by atoms with Gasteiger partial charge in [0.05, 0.1) is 25.4 Å². The van der Waals surface area contributed by atoms with Crippen molar-refractivity contribution in [2.24, 2.45) is 5.92 Å². The third-order valence-corrected chi connectivity index (χ3v) is 19.4. The first-order valence-electron chi connectivity index (χ1n) is 16.9. The maximum absolute atomic E-state index is 11.8. The van der Waals surface area contributed by atoms with Crippen molar-refractivity contribution >= 4 is 27.0 Å². The molecule has 246 valence electrons. The third-order valence-electron chi connectivity index (χ3n) is 9.74. The van der Waals surface area contributed by atoms with E-state index in [0.29, 0.717) is 19.6 Å². The average molecular weight is 649 g/mol. The minimum absolute atomic E-state index is 0.114. The van der Waals surface area contributed by atoms with Crippen molar-refractivity contribution < 1.29 is 23.4 Å². The SMILES string of the molecule is CC[Si](CC)(CC)O[C@H](CO[Si](c1ccccc1)(c1ccccc1)C(C)(C)C)[C@@H]1C[C@@H](C)CC(O)(COCc2ccccc2)O1. The van der Waals surface area contributed by atoms with E-state index < -0.39 is 22.4 Å². The van der Waals surface area contributed by atoms with Gasteiger partial charge >= 0.3 is 0 Å². The van der Waals surface area contributed by atoms with Crippen LogP contribution in [0.25, 0.3) is 0 Å². The molecule has 45 heavy (non-hydrogen) atoms. The van der Waals surface area contributed by atoms with Crippen LogP contribution < -0.4 is 10.4 Å². The Balaban J connectivity index is 1.67. The molecule has 0 radical (unpaired) electrons. The van der Waals surface area contributed by atoms with Gasteiger partial charge in [-0.2, -0.15) is 0 Å². The summed E-state index contributed by atoms with van der Waals surface area (Å²) in [6.45, 7) is 16.8. The van der Waals surface area contributed by atoms with Crippen LogP contribution in [0.5, 0.6) is 0 Å². The third kappa shape index (κ3) is 8.63. The molecular weight excluding hydrogens is 593 g/mol. The number of benzene rings is 3. The Hall–Kier alpha value is -2.11. The molecule has 4 atom stereocenters. The molecule has 1 aliphatic rings. The summed E-state index contributed by atoms with van der Waals surface area (Å²) in [5.41, 5.74) is 1.08. The van der Waals surface area contributed by atoms with E-state index in [2.05, 4.69) is 109 Å². The molecule has 0 spiro atoms. The molecule has 1 N–H and O–H groups in total. The van der Waals surface area contributed by atoms with E-state index >= 15 is 0 Å². The molecule has 3 aromatic rings. The Morgan fingerprint density at radius 3 is 1.84 bits per heavy atom. The highest BCUT2D eigenvalue weighted by molar-refractivity contribution is 6.99. The van der Waals surface area contributed by atoms with Crippen molar-refractivity contribution in [2.45, 2.75) is 109 Å². The summed E-state index contributed by atoms with van der Waals surface area (Å²) in [7, 11) is -4.86. The van der Waals surface area contributed by atoms with Crippen LogP contribution in [0.15, 0.2) is 91.0 Å². The summed E-state index contributed by atoms with van der Waals surface area (Å²) in [5.74, 6) is -1.14. The molecule has 1 heterocycles. The van der Waals surface area contributed by atoms with Crippen LogP contribution in [-0.4, -0.2) is 53.0 Å². The number of hydrogen-bond donors (Lipinski definition) is 1. The lowest BCUT2D eigenvalue weighted by Crippen LogP contribution is -2.67. The van der Waals surface area contributed by atoms with E-state index in [1.54, 1.807) is 0 Å². The molecule has 7 heteroatoms. The number of hydrogen-bond acceptors (Lipinski definition) is 5. The first-order chi connectivity index (χ1) is 21.5. The van der Waals surface area contributed by atoms with Gasteiger partial charge in [0.25, 0.3) is 8.32 Å². The second kappa shape index (κ2) is 15.7. The van der Waals surface area contributed by atoms with Crippen LogP contribution in [0, 0.1) is 5.92 Å². The van der Waals surface area contributed by atoms with Gasteiger partial charge in [0.1, 0.15) is 6.61 Å². The largest absolute Gasteiger partial charge is 0.409 e. The Morgan fingerprint density at radius 1 is 0.844 bits per heavy atom. The molecule has 0 amide bonds. The van der Waals surface area contributed by atoms with E-state index in [9.17, 15) is 5.11 Å². The maximum atomic E-state index is 11.8. The van der Waals surface area contributed by atoms with Crippen molar-refractivity contribution in [1.29, 1.82) is 0 Å². The van der Waals surface area contributed by atoms with Crippen molar-refractivity contribution in [3.8, 4) is 0 Å². The van der Waals surface area contributed by atoms with Gasteiger partial charge in [-0.15, -0.1) is 0 Å². The molecule has 0 bridgehead atoms. The normalized spacial score (nSPS) is 21.9. The van der Waals surface area contributed by atoms with Crippen LogP contribution in [0.4, 0.5) is 0 Å². The fourth-order valence-corrected chi connectivity index (χ4v) is 14.6. The molecule has 4 rings (SSSR count). The zero-order valence-corrected chi connectivity index (χ0v) is 30.6. The van der Waals surface area contributed by atoms with Crippen LogP contribution in [0.2, 0.25) is 23.2 Å². The molecule has 3 aromatic carbocycles. The quantitative estimate of drug-likeness (QED) is 0.172. The minimum atomic E-state index is -2.80. The first kappa shape index (κ1) is 35.7. The molecule has 0 aliphatic carbocycles. The topological polar surface area (TPSA) is 57.2 Å². The molecule has 1 saturated heterocycles. The van der Waals surface area contributed by atoms with Crippen molar-refractivity contribution in [3.05, 3.63) is 96.6 Å². The fourth-order valence-electron chi connectivity index (χ4n) is 7.13. The van der Waals surface area contributed by atoms with Crippen LogP contribution in [0.3, 0.4) is 0 Å². The number of ether oxygens (including phenoxy) is 2. The van der Waals surface area contributed by atoms with Crippen LogP contribution >= 0.6 is 0 Å². The number of aliphatic hydroxyl groups is 1. The van der Waals surface area contributed by atoms with Crippen molar-refractivity contribution in [3.63, 3.8) is 0 Å². The lowest BCUT2D eigenvalue weighted by molar-refractivity contribution is -0.298. The predicted octanol–water partition coefficient (Wildman–Crippen LogP) is 7.67. The zero-order chi connectivity index (χ0) is 32.6. The smallest absolute Gasteiger partial charge is 0.261 e. The van der Waals surface area contributed by atoms with E-state index in [1.807, 2.05) is 30.3 Å². The summed E-state index contributed by atoms with van der Waals surface area (Å²) in [6.07, 6.45) is 0.714. The highest BCUT2D eigenvalue weighted by Crippen LogP contribution is 2.39. The van der Waals surface area contributed by atoms with Gasteiger partial charge in [0.2, 0.25) is 0 Å². The van der Waals surface area contributed by atoms with E-state index in [-0.39, 0.29) is 29.8 Å². The lowest BCUT2D eigenvalue weighted by atomic mass is 9.89. The molecule has 0 saturated carbocycles. The highest BCUT2D eigenvalue weighted by Gasteiger charge is 2.52. The molecule has 5 nitrogen and oxygen atoms in total. The molecular formula is C38H56O5Si2. The summed E-state index contributed by atoms with van der Waals surface area (Å²) < 4.78 is 27.4. The fraction of sp³-hybridized carbons (Fsp3) is 0.526. The van der Waals surface area contributed by atoms with E-state index in [0.717, 1.165) is 30.1 Å². The van der Waals surface area contributed by atoms with E-state index in [4.69, 9.17) is 18.3 Å². The Labute approximate surface area is 274 Å². The van der Waals surface area contributed by atoms with Crippen LogP contribution in [0.1, 0.15) is 66.9 Å². The van der Waals surface area contributed by atoms with Gasteiger partial charge in [0, 0.05) is 6.42 Å². The lowest BCUT2D eigenvalue weighted by Gasteiger charge is -2.47. The second-order valence-corrected chi connectivity index (χ2v) is 23.0. The van der Waals surface area contributed by atoms with Crippen LogP contribution in [-0.2, 0) is 24.9 Å². The highest BCUT2D eigenvalue weighted by atomic mass is 28.4. The van der Waals surface area contributed by atoms with Crippen molar-refractivity contribution in [1.82, 2.24) is 0 Å². The average Bonchev–Trinajstić information content (AvgIpc) is 3.03. The van der Waals surface area contributed by atoms with Gasteiger partial charge in [-0.05, 0) is 51.4 Å². The Kier molecular flexibility index (Phi) is 12.4. The Bertz CT molecular complexity index is 1230. The van der Waals surface area contributed by atoms with Gasteiger partial charge < -0.3 is 23.4 Å². The number of rotatable bonds is 15. The summed E-state index contributed by atoms with van der Waals surface area (Å²) in [5, 5.41) is 14.1. The summed E-state index contributed by atoms with van der Waals surface area (Å²) in [6, 6.07) is 34.7. The van der Waals surface area contributed by atoms with Gasteiger partial charge in [-0.3, -0.25) is 0 Å². The summed E-state index contributed by atoms with van der Waals surface area (Å²) >= 11 is 0. The van der Waals surface area contributed by atoms with Gasteiger partial charge in [0.15, 0.2) is 14.1 Å². The molecule has 1 aliphatic heterocycles. The molecule has 0 aromatic heterocycles. The van der Waals surface area contributed by atoms with Crippen molar-refractivity contribution in [2.75, 3.05) is 13.2 Å². The second-order valence-electron chi connectivity index (χ2n) is 14.0. The minimum Gasteiger partial charge on any atom is -0.409 e. The Morgan fingerprint density at radius 2 is 1.36 bits per heavy atom. The van der Waals surface area contributed by atoms with Gasteiger partial charge in [-0.1, -0.05) is 139 Å². The van der Waals surface area contributed by atoms with Gasteiger partial charge in [-0.25, -0.2) is 0 Å². The summed E-state index contributed by atoms with van der Waals surface area (Å²) in [4.78, 5) is 0. The molecule has 1 unspecified atom stereocenters. The predicted molar refractivity (Wildman–Crippen MR) is 190 cm³/mol. The monoisotopic (exact) mass is 648 g/mol. The maximum Gasteiger partial charge on any atom is 0.261 e.